The van der Waals surface area contributed by atoms with Crippen molar-refractivity contribution in [1.82, 2.24) is 0 Å². The zero-order valence-electron chi connectivity index (χ0n) is 11.5. The molecule has 3 rings (SSSR count). The summed E-state index contributed by atoms with van der Waals surface area (Å²) in [5, 5.41) is 3.01. The van der Waals surface area contributed by atoms with E-state index in [1.807, 2.05) is 59.8 Å². The number of hydrogen-bond acceptors (Lipinski definition) is 2. The van der Waals surface area contributed by atoms with Crippen LogP contribution in [-0.4, -0.2) is 12.6 Å². The molecule has 4 heteroatoms. The van der Waals surface area contributed by atoms with E-state index in [1.165, 1.54) is 5.57 Å². The van der Waals surface area contributed by atoms with E-state index in [-0.39, 0.29) is 6.03 Å². The molecule has 0 aliphatic carbocycles. The van der Waals surface area contributed by atoms with Crippen LogP contribution < -0.4 is 9.80 Å². The molecule has 0 unspecified atom stereocenters. The molecular weight excluding hydrogens is 268 g/mol. The molecule has 3 nitrogen and oxygen atoms in total. The van der Waals surface area contributed by atoms with Gasteiger partial charge in [-0.15, -0.1) is 11.3 Å². The lowest BCUT2D eigenvalue weighted by molar-refractivity contribution is 0.253. The number of amides is 2. The summed E-state index contributed by atoms with van der Waals surface area (Å²) in [5.41, 5.74) is 3.23. The Morgan fingerprint density at radius 1 is 1.10 bits per heavy atom. The number of rotatable bonds is 2. The normalized spacial score (nSPS) is 15.5. The summed E-state index contributed by atoms with van der Waals surface area (Å²) in [6.07, 6.45) is 1.95. The Bertz CT molecular complexity index is 660. The van der Waals surface area contributed by atoms with Crippen LogP contribution in [0.4, 0.5) is 15.5 Å². The maximum absolute atomic E-state index is 12.7. The molecule has 20 heavy (non-hydrogen) atoms. The van der Waals surface area contributed by atoms with Gasteiger partial charge in [0.05, 0.1) is 6.54 Å². The monoisotopic (exact) mass is 284 g/mol. The Morgan fingerprint density at radius 3 is 2.50 bits per heavy atom. The Labute approximate surface area is 122 Å². The van der Waals surface area contributed by atoms with E-state index in [9.17, 15) is 4.79 Å². The number of carbonyl (C=O) groups excluding carboxylic acids is 1. The highest BCUT2D eigenvalue weighted by Gasteiger charge is 2.28. The fourth-order valence-corrected chi connectivity index (χ4v) is 3.23. The molecule has 1 aromatic heterocycles. The third-order valence-electron chi connectivity index (χ3n) is 3.32. The molecule has 2 heterocycles. The molecule has 0 N–H and O–H groups in total. The number of anilines is 2. The predicted octanol–water partition coefficient (Wildman–Crippen LogP) is 4.41. The van der Waals surface area contributed by atoms with Crippen molar-refractivity contribution in [2.45, 2.75) is 13.8 Å². The highest BCUT2D eigenvalue weighted by atomic mass is 32.1. The summed E-state index contributed by atoms with van der Waals surface area (Å²) >= 11 is 1.59. The van der Waals surface area contributed by atoms with E-state index in [0.29, 0.717) is 6.54 Å². The topological polar surface area (TPSA) is 23.6 Å². The Hall–Kier alpha value is -2.07. The van der Waals surface area contributed by atoms with Gasteiger partial charge in [0.1, 0.15) is 5.00 Å². The number of nitrogens with zero attached hydrogens (tertiary/aromatic N) is 2. The molecule has 0 radical (unpaired) electrons. The van der Waals surface area contributed by atoms with Crippen LogP contribution in [0.3, 0.4) is 0 Å². The number of hydrogen-bond donors (Lipinski definition) is 0. The van der Waals surface area contributed by atoms with Crippen LogP contribution in [0.15, 0.2) is 53.6 Å². The maximum atomic E-state index is 12.7. The van der Waals surface area contributed by atoms with Crippen molar-refractivity contribution in [1.29, 1.82) is 0 Å². The molecular formula is C16H16N2OS. The second kappa shape index (κ2) is 5.13. The summed E-state index contributed by atoms with van der Waals surface area (Å²) in [4.78, 5) is 16.3. The van der Waals surface area contributed by atoms with E-state index < -0.39 is 0 Å². The number of benzene rings is 1. The first-order valence-corrected chi connectivity index (χ1v) is 7.42. The fraction of sp³-hybridized carbons (Fsp3) is 0.188. The van der Waals surface area contributed by atoms with Crippen LogP contribution in [0.5, 0.6) is 0 Å². The van der Waals surface area contributed by atoms with Crippen molar-refractivity contribution in [2.75, 3.05) is 16.3 Å². The second-order valence-corrected chi connectivity index (χ2v) is 5.85. The number of urea groups is 1. The van der Waals surface area contributed by atoms with Crippen LogP contribution in [0.2, 0.25) is 0 Å². The molecule has 0 bridgehead atoms. The SMILES string of the molecule is CC1=CN(c2sccc2C)C(=O)N(c2ccccc2)C1. The predicted molar refractivity (Wildman–Crippen MR) is 84.5 cm³/mol. The number of aryl methyl sites for hydroxylation is 1. The van der Waals surface area contributed by atoms with Crippen molar-refractivity contribution in [3.63, 3.8) is 0 Å². The molecule has 0 spiro atoms. The summed E-state index contributed by atoms with van der Waals surface area (Å²) in [6.45, 7) is 4.73. The Balaban J connectivity index is 2.00. The van der Waals surface area contributed by atoms with E-state index >= 15 is 0 Å². The van der Waals surface area contributed by atoms with Gasteiger partial charge in [-0.1, -0.05) is 18.2 Å². The lowest BCUT2D eigenvalue weighted by Crippen LogP contribution is -2.45. The van der Waals surface area contributed by atoms with Crippen LogP contribution in [-0.2, 0) is 0 Å². The summed E-state index contributed by atoms with van der Waals surface area (Å²) in [5.74, 6) is 0. The Morgan fingerprint density at radius 2 is 1.85 bits per heavy atom. The van der Waals surface area contributed by atoms with Gasteiger partial charge in [-0.25, -0.2) is 4.79 Å². The van der Waals surface area contributed by atoms with Crippen molar-refractivity contribution in [3.05, 3.63) is 59.1 Å². The minimum absolute atomic E-state index is 0.00681. The van der Waals surface area contributed by atoms with Crippen LogP contribution in [0, 0.1) is 6.92 Å². The van der Waals surface area contributed by atoms with Gasteiger partial charge in [0.15, 0.2) is 0 Å². The van der Waals surface area contributed by atoms with Crippen LogP contribution in [0.1, 0.15) is 12.5 Å². The lowest BCUT2D eigenvalue weighted by Gasteiger charge is -2.33. The van der Waals surface area contributed by atoms with Gasteiger partial charge < -0.3 is 0 Å². The van der Waals surface area contributed by atoms with Crippen LogP contribution in [0.25, 0.3) is 0 Å². The van der Waals surface area contributed by atoms with Crippen molar-refractivity contribution in [2.24, 2.45) is 0 Å². The smallest absolute Gasteiger partial charge is 0.290 e. The molecule has 2 amide bonds. The first-order valence-electron chi connectivity index (χ1n) is 6.54. The van der Waals surface area contributed by atoms with Crippen molar-refractivity contribution in [3.8, 4) is 0 Å². The molecule has 0 saturated heterocycles. The molecule has 0 fully saturated rings. The zero-order valence-corrected chi connectivity index (χ0v) is 12.4. The van der Waals surface area contributed by atoms with E-state index in [1.54, 1.807) is 16.2 Å². The van der Waals surface area contributed by atoms with E-state index in [2.05, 4.69) is 6.92 Å². The number of para-hydroxylation sites is 1. The van der Waals surface area contributed by atoms with Crippen LogP contribution >= 0.6 is 11.3 Å². The average Bonchev–Trinajstić information content (AvgIpc) is 2.88. The van der Waals surface area contributed by atoms with E-state index in [0.717, 1.165) is 16.3 Å². The minimum Gasteiger partial charge on any atom is -0.290 e. The molecule has 0 saturated carbocycles. The Kier molecular flexibility index (Phi) is 3.32. The molecule has 1 aliphatic heterocycles. The average molecular weight is 284 g/mol. The second-order valence-electron chi connectivity index (χ2n) is 4.96. The van der Waals surface area contributed by atoms with Gasteiger partial charge in [-0.2, -0.15) is 0 Å². The summed E-state index contributed by atoms with van der Waals surface area (Å²) < 4.78 is 0. The number of thiophene rings is 1. The zero-order chi connectivity index (χ0) is 14.1. The molecule has 0 atom stereocenters. The number of carbonyl (C=O) groups is 1. The van der Waals surface area contributed by atoms with Gasteiger partial charge in [0.2, 0.25) is 0 Å². The first kappa shape index (κ1) is 12.9. The lowest BCUT2D eigenvalue weighted by atomic mass is 10.2. The van der Waals surface area contributed by atoms with Crippen molar-refractivity contribution >= 4 is 28.1 Å². The van der Waals surface area contributed by atoms with Crippen molar-refractivity contribution < 1.29 is 4.79 Å². The molecule has 1 aliphatic rings. The third kappa shape index (κ3) is 2.23. The summed E-state index contributed by atoms with van der Waals surface area (Å²) in [7, 11) is 0. The minimum atomic E-state index is 0.00681. The summed E-state index contributed by atoms with van der Waals surface area (Å²) in [6, 6.07) is 11.9. The maximum Gasteiger partial charge on any atom is 0.334 e. The van der Waals surface area contributed by atoms with Gasteiger partial charge in [-0.05, 0) is 48.6 Å². The molecule has 102 valence electrons. The standard InChI is InChI=1S/C16H16N2OS/c1-12-10-17(14-6-4-3-5-7-14)16(19)18(11-12)15-13(2)8-9-20-15/h3-9,11H,10H2,1-2H3. The largest absolute Gasteiger partial charge is 0.334 e. The fourth-order valence-electron chi connectivity index (χ4n) is 2.33. The highest BCUT2D eigenvalue weighted by molar-refractivity contribution is 7.14. The highest BCUT2D eigenvalue weighted by Crippen LogP contribution is 2.32. The van der Waals surface area contributed by atoms with Gasteiger partial charge in [-0.3, -0.25) is 9.80 Å². The van der Waals surface area contributed by atoms with Gasteiger partial charge in [0, 0.05) is 11.9 Å². The van der Waals surface area contributed by atoms with E-state index in [4.69, 9.17) is 0 Å². The molecule has 2 aromatic rings. The quantitative estimate of drug-likeness (QED) is 0.801. The van der Waals surface area contributed by atoms with Gasteiger partial charge in [0.25, 0.3) is 0 Å². The van der Waals surface area contributed by atoms with Gasteiger partial charge >= 0.3 is 6.03 Å². The first-order chi connectivity index (χ1) is 9.66. The third-order valence-corrected chi connectivity index (χ3v) is 4.33. The molecule has 1 aromatic carbocycles.